The van der Waals surface area contributed by atoms with Gasteiger partial charge in [0.05, 0.1) is 22.0 Å². The largest absolute Gasteiger partial charge is 0.346 e. The Bertz CT molecular complexity index is 1040. The van der Waals surface area contributed by atoms with Crippen molar-refractivity contribution < 1.29 is 9.85 Å². The molecule has 0 saturated carbocycles. The molecular formula is C19H14N4O4. The summed E-state index contributed by atoms with van der Waals surface area (Å²) in [6.45, 7) is 1.10. The van der Waals surface area contributed by atoms with Gasteiger partial charge in [0.1, 0.15) is 0 Å². The van der Waals surface area contributed by atoms with Gasteiger partial charge in [-0.25, -0.2) is 0 Å². The lowest BCUT2D eigenvalue weighted by Crippen LogP contribution is -2.32. The first-order chi connectivity index (χ1) is 13.0. The predicted molar refractivity (Wildman–Crippen MR) is 96.7 cm³/mol. The van der Waals surface area contributed by atoms with Gasteiger partial charge in [0.2, 0.25) is 0 Å². The summed E-state index contributed by atoms with van der Waals surface area (Å²) in [6.07, 6.45) is 0.547. The lowest BCUT2D eigenvalue weighted by molar-refractivity contribution is -0.422. The molecule has 1 unspecified atom stereocenters. The van der Waals surface area contributed by atoms with Crippen molar-refractivity contribution in [3.63, 3.8) is 0 Å². The van der Waals surface area contributed by atoms with Crippen LogP contribution in [0.15, 0.2) is 48.0 Å². The van der Waals surface area contributed by atoms with Gasteiger partial charge in [-0.15, -0.1) is 0 Å². The number of nitro benzene ring substituents is 2. The monoisotopic (exact) mass is 362 g/mol. The summed E-state index contributed by atoms with van der Waals surface area (Å²) in [5.74, 6) is 0. The Kier molecular flexibility index (Phi) is 3.94. The van der Waals surface area contributed by atoms with Gasteiger partial charge in [0, 0.05) is 30.8 Å². The number of benzene rings is 2. The van der Waals surface area contributed by atoms with Crippen molar-refractivity contribution in [2.75, 3.05) is 13.1 Å². The average Bonchev–Trinajstić information content (AvgIpc) is 3.06. The summed E-state index contributed by atoms with van der Waals surface area (Å²) in [7, 11) is 0. The molecule has 2 aliphatic rings. The number of hydrogen-bond acceptors (Lipinski definition) is 6. The van der Waals surface area contributed by atoms with E-state index in [1.165, 1.54) is 12.1 Å². The fourth-order valence-corrected chi connectivity index (χ4v) is 4.00. The summed E-state index contributed by atoms with van der Waals surface area (Å²) in [5, 5.41) is 32.3. The van der Waals surface area contributed by atoms with E-state index in [1.807, 2.05) is 30.3 Å². The normalized spacial score (nSPS) is 18.6. The van der Waals surface area contributed by atoms with Crippen molar-refractivity contribution in [1.29, 1.82) is 5.26 Å². The van der Waals surface area contributed by atoms with Gasteiger partial charge in [-0.1, -0.05) is 30.3 Å². The smallest absolute Gasteiger partial charge is 0.287 e. The molecule has 0 bridgehead atoms. The lowest BCUT2D eigenvalue weighted by atomic mass is 9.86. The van der Waals surface area contributed by atoms with Crippen LogP contribution in [0.25, 0.3) is 5.57 Å². The first-order valence-corrected chi connectivity index (χ1v) is 8.39. The van der Waals surface area contributed by atoms with E-state index in [1.54, 1.807) is 0 Å². The molecule has 27 heavy (non-hydrogen) atoms. The standard InChI is InChI=1S/C19H14N4O4/c20-10-14-11-21-7-6-13-8-16(22(24)25)17(23(26)27)9-15(13)19(21)18(14)12-4-2-1-3-5-12/h1-5,8-9,19H,6-7,11H2. The van der Waals surface area contributed by atoms with Crippen LogP contribution in [0.1, 0.15) is 22.7 Å². The number of rotatable bonds is 3. The highest BCUT2D eigenvalue weighted by Gasteiger charge is 2.40. The van der Waals surface area contributed by atoms with Gasteiger partial charge in [0.15, 0.2) is 0 Å². The SMILES string of the molecule is N#CC1=C(c2ccccc2)C2c3cc([N+](=O)[O-])c([N+](=O)[O-])cc3CCN2C1. The van der Waals surface area contributed by atoms with E-state index < -0.39 is 21.2 Å². The van der Waals surface area contributed by atoms with Crippen LogP contribution in [0.5, 0.6) is 0 Å². The van der Waals surface area contributed by atoms with Crippen molar-refractivity contribution in [2.45, 2.75) is 12.5 Å². The van der Waals surface area contributed by atoms with Crippen molar-refractivity contribution in [3.8, 4) is 6.07 Å². The maximum absolute atomic E-state index is 11.4. The Hall–Kier alpha value is -3.57. The molecule has 2 heterocycles. The van der Waals surface area contributed by atoms with E-state index >= 15 is 0 Å². The number of hydrogen-bond donors (Lipinski definition) is 0. The molecule has 2 aromatic rings. The van der Waals surface area contributed by atoms with Gasteiger partial charge in [-0.2, -0.15) is 5.26 Å². The Morgan fingerprint density at radius 1 is 1.07 bits per heavy atom. The van der Waals surface area contributed by atoms with Gasteiger partial charge < -0.3 is 0 Å². The van der Waals surface area contributed by atoms with Gasteiger partial charge >= 0.3 is 11.4 Å². The summed E-state index contributed by atoms with van der Waals surface area (Å²) in [4.78, 5) is 23.3. The van der Waals surface area contributed by atoms with E-state index in [0.29, 0.717) is 30.6 Å². The Morgan fingerprint density at radius 2 is 1.74 bits per heavy atom. The fourth-order valence-electron chi connectivity index (χ4n) is 4.00. The first kappa shape index (κ1) is 16.9. The Labute approximate surface area is 154 Å². The third-order valence-electron chi connectivity index (χ3n) is 5.14. The molecule has 0 amide bonds. The fraction of sp³-hybridized carbons (Fsp3) is 0.211. The molecule has 0 fully saturated rings. The molecule has 8 heteroatoms. The van der Waals surface area contributed by atoms with Gasteiger partial charge in [-0.3, -0.25) is 25.1 Å². The minimum absolute atomic E-state index is 0.315. The molecule has 134 valence electrons. The van der Waals surface area contributed by atoms with Crippen LogP contribution < -0.4 is 0 Å². The molecule has 0 aliphatic carbocycles. The number of fused-ring (bicyclic) bond motifs is 3. The van der Waals surface area contributed by atoms with Crippen LogP contribution in [0, 0.1) is 31.6 Å². The maximum atomic E-state index is 11.4. The summed E-state index contributed by atoms with van der Waals surface area (Å²) >= 11 is 0. The third-order valence-corrected chi connectivity index (χ3v) is 5.14. The summed E-state index contributed by atoms with van der Waals surface area (Å²) < 4.78 is 0. The zero-order valence-corrected chi connectivity index (χ0v) is 14.2. The molecule has 8 nitrogen and oxygen atoms in total. The van der Waals surface area contributed by atoms with E-state index in [4.69, 9.17) is 0 Å². The van der Waals surface area contributed by atoms with Crippen LogP contribution in [0.3, 0.4) is 0 Å². The maximum Gasteiger partial charge on any atom is 0.346 e. The van der Waals surface area contributed by atoms with Crippen molar-refractivity contribution in [2.24, 2.45) is 0 Å². The molecule has 0 saturated heterocycles. The topological polar surface area (TPSA) is 113 Å². The number of nitro groups is 2. The minimum Gasteiger partial charge on any atom is -0.287 e. The van der Waals surface area contributed by atoms with Crippen molar-refractivity contribution in [1.82, 2.24) is 4.90 Å². The quantitative estimate of drug-likeness (QED) is 0.611. The second-order valence-electron chi connectivity index (χ2n) is 6.55. The predicted octanol–water partition coefficient (Wildman–Crippen LogP) is 3.39. The highest BCUT2D eigenvalue weighted by molar-refractivity contribution is 5.80. The van der Waals surface area contributed by atoms with Crippen LogP contribution in [0.2, 0.25) is 0 Å². The average molecular weight is 362 g/mol. The van der Waals surface area contributed by atoms with E-state index in [0.717, 1.165) is 16.7 Å². The minimum atomic E-state index is -0.719. The van der Waals surface area contributed by atoms with E-state index in [2.05, 4.69) is 11.0 Å². The molecule has 0 radical (unpaired) electrons. The molecule has 1 atom stereocenters. The molecule has 2 aliphatic heterocycles. The molecule has 2 aromatic carbocycles. The number of nitriles is 1. The molecule has 4 rings (SSSR count). The zero-order chi connectivity index (χ0) is 19.1. The van der Waals surface area contributed by atoms with Crippen LogP contribution in [-0.2, 0) is 6.42 Å². The second-order valence-corrected chi connectivity index (χ2v) is 6.55. The summed E-state index contributed by atoms with van der Waals surface area (Å²) in [5.41, 5.74) is 2.72. The van der Waals surface area contributed by atoms with Crippen molar-refractivity contribution >= 4 is 16.9 Å². The molecule has 0 N–H and O–H groups in total. The van der Waals surface area contributed by atoms with Gasteiger partial charge in [-0.05, 0) is 28.7 Å². The molecule has 0 aromatic heterocycles. The summed E-state index contributed by atoms with van der Waals surface area (Å²) in [6, 6.07) is 14.0. The highest BCUT2D eigenvalue weighted by Crippen LogP contribution is 2.48. The Morgan fingerprint density at radius 3 is 2.37 bits per heavy atom. The number of nitrogens with zero attached hydrogens (tertiary/aromatic N) is 4. The second kappa shape index (κ2) is 6.30. The van der Waals surface area contributed by atoms with E-state index in [9.17, 15) is 25.5 Å². The lowest BCUT2D eigenvalue weighted by Gasteiger charge is -2.33. The van der Waals surface area contributed by atoms with Crippen LogP contribution in [-0.4, -0.2) is 27.8 Å². The Balaban J connectivity index is 1.93. The van der Waals surface area contributed by atoms with Crippen molar-refractivity contribution in [3.05, 3.63) is 85.0 Å². The highest BCUT2D eigenvalue weighted by atomic mass is 16.6. The van der Waals surface area contributed by atoms with Crippen LogP contribution in [0.4, 0.5) is 11.4 Å². The first-order valence-electron chi connectivity index (χ1n) is 8.39. The zero-order valence-electron chi connectivity index (χ0n) is 14.2. The molecular weight excluding hydrogens is 348 g/mol. The third kappa shape index (κ3) is 2.65. The van der Waals surface area contributed by atoms with Gasteiger partial charge in [0.25, 0.3) is 0 Å². The van der Waals surface area contributed by atoms with E-state index in [-0.39, 0.29) is 6.04 Å². The molecule has 0 spiro atoms. The van der Waals surface area contributed by atoms with Crippen LogP contribution >= 0.6 is 0 Å².